The van der Waals surface area contributed by atoms with Gasteiger partial charge in [0.15, 0.2) is 0 Å². The standard InChI is InChI=1S/C10H16F3N3O2S/c1-3-4-5-16(7-10(11,12)13)19(17,18)9-6-14-15-8(9)2/h6H,3-5,7H2,1-2H3,(H,14,15). The van der Waals surface area contributed by atoms with E-state index < -0.39 is 22.7 Å². The van der Waals surface area contributed by atoms with Crippen LogP contribution in [0.15, 0.2) is 11.1 Å². The second-order valence-electron chi connectivity index (χ2n) is 4.17. The van der Waals surface area contributed by atoms with Gasteiger partial charge in [0, 0.05) is 6.54 Å². The molecular formula is C10H16F3N3O2S. The number of H-pyrrole nitrogens is 1. The molecule has 0 atom stereocenters. The molecule has 0 saturated carbocycles. The smallest absolute Gasteiger partial charge is 0.281 e. The van der Waals surface area contributed by atoms with Crippen LogP contribution in [0.25, 0.3) is 0 Å². The molecule has 0 amide bonds. The Morgan fingerprint density at radius 1 is 1.42 bits per heavy atom. The molecule has 0 bridgehead atoms. The number of alkyl halides is 3. The van der Waals surface area contributed by atoms with Crippen molar-refractivity contribution in [1.82, 2.24) is 14.5 Å². The van der Waals surface area contributed by atoms with Crippen molar-refractivity contribution in [3.05, 3.63) is 11.9 Å². The number of unbranched alkanes of at least 4 members (excludes halogenated alkanes) is 1. The van der Waals surface area contributed by atoms with Gasteiger partial charge in [-0.05, 0) is 13.3 Å². The van der Waals surface area contributed by atoms with Crippen molar-refractivity contribution in [3.63, 3.8) is 0 Å². The van der Waals surface area contributed by atoms with Crippen LogP contribution in [0.5, 0.6) is 0 Å². The zero-order chi connectivity index (χ0) is 14.7. The first-order chi connectivity index (χ1) is 8.68. The van der Waals surface area contributed by atoms with Gasteiger partial charge in [0.25, 0.3) is 0 Å². The average Bonchev–Trinajstić information content (AvgIpc) is 2.69. The Labute approximate surface area is 109 Å². The SMILES string of the molecule is CCCCN(CC(F)(F)F)S(=O)(=O)c1cn[nH]c1C. The quantitative estimate of drug-likeness (QED) is 0.874. The number of halogens is 3. The van der Waals surface area contributed by atoms with Crippen molar-refractivity contribution in [2.24, 2.45) is 0 Å². The van der Waals surface area contributed by atoms with E-state index in [4.69, 9.17) is 0 Å². The average molecular weight is 299 g/mol. The van der Waals surface area contributed by atoms with Crippen LogP contribution >= 0.6 is 0 Å². The summed E-state index contributed by atoms with van der Waals surface area (Å²) >= 11 is 0. The molecule has 0 saturated heterocycles. The zero-order valence-electron chi connectivity index (χ0n) is 10.7. The summed E-state index contributed by atoms with van der Waals surface area (Å²) in [4.78, 5) is -0.215. The van der Waals surface area contributed by atoms with E-state index in [0.717, 1.165) is 6.20 Å². The molecule has 1 aromatic heterocycles. The summed E-state index contributed by atoms with van der Waals surface area (Å²) in [5.41, 5.74) is 0.226. The highest BCUT2D eigenvalue weighted by atomic mass is 32.2. The molecule has 1 heterocycles. The van der Waals surface area contributed by atoms with Crippen molar-refractivity contribution in [2.45, 2.75) is 37.8 Å². The van der Waals surface area contributed by atoms with E-state index >= 15 is 0 Å². The van der Waals surface area contributed by atoms with Gasteiger partial charge >= 0.3 is 6.18 Å². The summed E-state index contributed by atoms with van der Waals surface area (Å²) in [6, 6.07) is 0. The van der Waals surface area contributed by atoms with E-state index in [9.17, 15) is 21.6 Å². The van der Waals surface area contributed by atoms with Crippen LogP contribution in [0.4, 0.5) is 13.2 Å². The van der Waals surface area contributed by atoms with Crippen LogP contribution in [0, 0.1) is 6.92 Å². The number of nitrogens with zero attached hydrogens (tertiary/aromatic N) is 2. The number of nitrogens with one attached hydrogen (secondary N) is 1. The highest BCUT2D eigenvalue weighted by Gasteiger charge is 2.37. The highest BCUT2D eigenvalue weighted by molar-refractivity contribution is 7.89. The van der Waals surface area contributed by atoms with Gasteiger partial charge < -0.3 is 0 Å². The number of aryl methyl sites for hydroxylation is 1. The lowest BCUT2D eigenvalue weighted by molar-refractivity contribution is -0.136. The molecule has 0 radical (unpaired) electrons. The minimum atomic E-state index is -4.57. The molecule has 0 aliphatic rings. The van der Waals surface area contributed by atoms with Crippen LogP contribution in [-0.2, 0) is 10.0 Å². The van der Waals surface area contributed by atoms with Gasteiger partial charge in [0.05, 0.1) is 11.9 Å². The van der Waals surface area contributed by atoms with E-state index in [0.29, 0.717) is 17.1 Å². The third-order valence-corrected chi connectivity index (χ3v) is 4.48. The fourth-order valence-corrected chi connectivity index (χ4v) is 3.14. The first-order valence-electron chi connectivity index (χ1n) is 5.75. The number of hydrogen-bond donors (Lipinski definition) is 1. The Bertz CT molecular complexity index is 510. The van der Waals surface area contributed by atoms with Crippen LogP contribution in [0.2, 0.25) is 0 Å². The lowest BCUT2D eigenvalue weighted by atomic mass is 10.3. The van der Waals surface area contributed by atoms with E-state index in [1.165, 1.54) is 6.92 Å². The van der Waals surface area contributed by atoms with Crippen LogP contribution in [-0.4, -0.2) is 42.2 Å². The minimum Gasteiger partial charge on any atom is -0.281 e. The van der Waals surface area contributed by atoms with Gasteiger partial charge in [-0.3, -0.25) is 5.10 Å². The third-order valence-electron chi connectivity index (χ3n) is 2.52. The fraction of sp³-hybridized carbons (Fsp3) is 0.700. The molecule has 19 heavy (non-hydrogen) atoms. The number of aromatic nitrogens is 2. The topological polar surface area (TPSA) is 66.1 Å². The molecule has 5 nitrogen and oxygen atoms in total. The molecule has 1 rings (SSSR count). The maximum atomic E-state index is 12.5. The zero-order valence-corrected chi connectivity index (χ0v) is 11.5. The van der Waals surface area contributed by atoms with Gasteiger partial charge in [0.1, 0.15) is 11.4 Å². The van der Waals surface area contributed by atoms with E-state index in [1.807, 2.05) is 0 Å². The monoisotopic (exact) mass is 299 g/mol. The van der Waals surface area contributed by atoms with Crippen molar-refractivity contribution < 1.29 is 21.6 Å². The van der Waals surface area contributed by atoms with Crippen molar-refractivity contribution >= 4 is 10.0 Å². The summed E-state index contributed by atoms with van der Waals surface area (Å²) < 4.78 is 62.2. The molecule has 0 spiro atoms. The Morgan fingerprint density at radius 3 is 2.47 bits per heavy atom. The molecule has 110 valence electrons. The van der Waals surface area contributed by atoms with Gasteiger partial charge in [-0.2, -0.15) is 22.6 Å². The first-order valence-corrected chi connectivity index (χ1v) is 7.19. The number of rotatable bonds is 6. The van der Waals surface area contributed by atoms with Gasteiger partial charge in [-0.1, -0.05) is 13.3 Å². The predicted molar refractivity (Wildman–Crippen MR) is 63.0 cm³/mol. The maximum absolute atomic E-state index is 12.5. The highest BCUT2D eigenvalue weighted by Crippen LogP contribution is 2.24. The largest absolute Gasteiger partial charge is 0.402 e. The van der Waals surface area contributed by atoms with E-state index in [2.05, 4.69) is 10.2 Å². The molecule has 0 fully saturated rings. The van der Waals surface area contributed by atoms with E-state index in [1.54, 1.807) is 6.92 Å². The van der Waals surface area contributed by atoms with Crippen molar-refractivity contribution in [1.29, 1.82) is 0 Å². The normalized spacial score (nSPS) is 13.2. The summed E-state index contributed by atoms with van der Waals surface area (Å²) in [6.45, 7) is 1.58. The summed E-state index contributed by atoms with van der Waals surface area (Å²) in [5.74, 6) is 0. The molecule has 1 aromatic rings. The summed E-state index contributed by atoms with van der Waals surface area (Å²) in [7, 11) is -4.17. The predicted octanol–water partition coefficient (Wildman–Crippen LogP) is 2.07. The summed E-state index contributed by atoms with van der Waals surface area (Å²) in [6.07, 6.45) is -2.57. The van der Waals surface area contributed by atoms with Crippen LogP contribution in [0.3, 0.4) is 0 Å². The van der Waals surface area contributed by atoms with Gasteiger partial charge in [0.2, 0.25) is 10.0 Å². The lowest BCUT2D eigenvalue weighted by Gasteiger charge is -2.22. The van der Waals surface area contributed by atoms with Gasteiger partial charge in [-0.15, -0.1) is 0 Å². The molecule has 0 aliphatic heterocycles. The van der Waals surface area contributed by atoms with Crippen LogP contribution < -0.4 is 0 Å². The lowest BCUT2D eigenvalue weighted by Crippen LogP contribution is -2.39. The van der Waals surface area contributed by atoms with Gasteiger partial charge in [-0.25, -0.2) is 8.42 Å². The van der Waals surface area contributed by atoms with E-state index in [-0.39, 0.29) is 17.1 Å². The molecule has 0 aromatic carbocycles. The maximum Gasteiger partial charge on any atom is 0.402 e. The number of hydrogen-bond acceptors (Lipinski definition) is 3. The second-order valence-corrected chi connectivity index (χ2v) is 6.07. The number of sulfonamides is 1. The first kappa shape index (κ1) is 16.0. The molecule has 9 heteroatoms. The molecule has 0 aliphatic carbocycles. The Morgan fingerprint density at radius 2 is 2.05 bits per heavy atom. The second kappa shape index (κ2) is 5.91. The van der Waals surface area contributed by atoms with Crippen LogP contribution in [0.1, 0.15) is 25.5 Å². The number of aromatic amines is 1. The summed E-state index contributed by atoms with van der Waals surface area (Å²) in [5, 5.41) is 5.95. The Kier molecular flexibility index (Phi) is 4.97. The minimum absolute atomic E-state index is 0.164. The molecular weight excluding hydrogens is 283 g/mol. The third kappa shape index (κ3) is 4.20. The molecule has 1 N–H and O–H groups in total. The van der Waals surface area contributed by atoms with Crippen molar-refractivity contribution in [2.75, 3.05) is 13.1 Å². The Balaban J connectivity index is 3.06. The molecule has 0 unspecified atom stereocenters. The fourth-order valence-electron chi connectivity index (χ4n) is 1.56. The Hall–Kier alpha value is -1.09. The van der Waals surface area contributed by atoms with Crippen molar-refractivity contribution in [3.8, 4) is 0 Å².